The summed E-state index contributed by atoms with van der Waals surface area (Å²) in [6, 6.07) is 6.63. The molecule has 1 aliphatic rings. The Morgan fingerprint density at radius 2 is 1.96 bits per heavy atom. The fraction of sp³-hybridized carbons (Fsp3) is 0.550. The Balaban J connectivity index is 2.41. The van der Waals surface area contributed by atoms with Crippen LogP contribution in [-0.4, -0.2) is 37.9 Å². The molecule has 0 aliphatic carbocycles. The zero-order valence-electron chi connectivity index (χ0n) is 16.3. The molecule has 27 heavy (non-hydrogen) atoms. The molecule has 0 radical (unpaired) electrons. The minimum Gasteiger partial charge on any atom is -0.466 e. The van der Waals surface area contributed by atoms with Crippen LogP contribution in [0.4, 0.5) is 0 Å². The quantitative estimate of drug-likeness (QED) is 0.573. The topological polar surface area (TPSA) is 63.7 Å². The molecule has 0 unspecified atom stereocenters. The van der Waals surface area contributed by atoms with Crippen LogP contribution < -0.4 is 0 Å². The fourth-order valence-electron chi connectivity index (χ4n) is 3.52. The van der Waals surface area contributed by atoms with Crippen LogP contribution in [0.15, 0.2) is 39.7 Å². The first kappa shape index (κ1) is 22.1. The molecule has 0 bridgehead atoms. The second-order valence-electron chi connectivity index (χ2n) is 7.36. The van der Waals surface area contributed by atoms with Gasteiger partial charge in [-0.15, -0.1) is 0 Å². The summed E-state index contributed by atoms with van der Waals surface area (Å²) in [7, 11) is -3.65. The van der Waals surface area contributed by atoms with Gasteiger partial charge in [0, 0.05) is 18.5 Å². The molecule has 0 N–H and O–H groups in total. The SMILES string of the molecule is CCOC(=O)C[C@@H]1/C(=C\Br)CN(S(=O)(=O)c2ccc(C)cc2)[C@H]1CC(C)C. The number of halogens is 1. The maximum absolute atomic E-state index is 13.3. The third kappa shape index (κ3) is 5.21. The first-order valence-electron chi connectivity index (χ1n) is 9.24. The number of rotatable bonds is 7. The molecule has 1 aromatic carbocycles. The van der Waals surface area contributed by atoms with E-state index >= 15 is 0 Å². The minimum absolute atomic E-state index is 0.183. The van der Waals surface area contributed by atoms with Crippen molar-refractivity contribution in [1.29, 1.82) is 0 Å². The molecule has 2 rings (SSSR count). The molecule has 1 aliphatic heterocycles. The van der Waals surface area contributed by atoms with E-state index in [4.69, 9.17) is 4.74 Å². The number of aryl methyl sites for hydroxylation is 1. The smallest absolute Gasteiger partial charge is 0.306 e. The molecule has 1 aromatic rings. The predicted molar refractivity (Wildman–Crippen MR) is 110 cm³/mol. The van der Waals surface area contributed by atoms with E-state index in [1.807, 2.05) is 6.92 Å². The summed E-state index contributed by atoms with van der Waals surface area (Å²) in [5.74, 6) is -0.186. The van der Waals surface area contributed by atoms with Crippen LogP contribution in [-0.2, 0) is 19.6 Å². The highest BCUT2D eigenvalue weighted by molar-refractivity contribution is 9.11. The Morgan fingerprint density at radius 1 is 1.33 bits per heavy atom. The number of hydrogen-bond donors (Lipinski definition) is 0. The average Bonchev–Trinajstić information content (AvgIpc) is 2.93. The Hall–Kier alpha value is -1.18. The van der Waals surface area contributed by atoms with Gasteiger partial charge < -0.3 is 4.74 Å². The van der Waals surface area contributed by atoms with E-state index in [-0.39, 0.29) is 35.8 Å². The number of esters is 1. The average molecular weight is 458 g/mol. The van der Waals surface area contributed by atoms with Gasteiger partial charge in [-0.2, -0.15) is 4.31 Å². The molecule has 0 amide bonds. The third-order valence-electron chi connectivity index (χ3n) is 4.82. The lowest BCUT2D eigenvalue weighted by atomic mass is 9.88. The fourth-order valence-corrected chi connectivity index (χ4v) is 5.66. The van der Waals surface area contributed by atoms with Gasteiger partial charge in [0.1, 0.15) is 0 Å². The second kappa shape index (κ2) is 9.34. The molecule has 1 heterocycles. The zero-order valence-corrected chi connectivity index (χ0v) is 18.7. The Bertz CT molecular complexity index is 787. The summed E-state index contributed by atoms with van der Waals surface area (Å²) in [4.78, 5) is 14.2. The van der Waals surface area contributed by atoms with E-state index in [0.29, 0.717) is 18.9 Å². The van der Waals surface area contributed by atoms with Crippen molar-refractivity contribution in [3.05, 3.63) is 40.4 Å². The van der Waals surface area contributed by atoms with Crippen LogP contribution in [0.2, 0.25) is 0 Å². The molecular weight excluding hydrogens is 430 g/mol. The highest BCUT2D eigenvalue weighted by Crippen LogP contribution is 2.39. The first-order chi connectivity index (χ1) is 12.7. The van der Waals surface area contributed by atoms with Crippen molar-refractivity contribution >= 4 is 31.9 Å². The van der Waals surface area contributed by atoms with Crippen LogP contribution in [0.3, 0.4) is 0 Å². The molecule has 2 atom stereocenters. The standard InChI is InChI=1S/C20H28BrNO4S/c1-5-26-20(23)11-18-16(12-21)13-22(19(18)10-14(2)3)27(24,25)17-8-6-15(4)7-9-17/h6-9,12,14,18-19H,5,10-11,13H2,1-4H3/b16-12-/t18-,19+/m1/s1. The first-order valence-corrected chi connectivity index (χ1v) is 11.6. The van der Waals surface area contributed by atoms with Gasteiger partial charge in [0.05, 0.1) is 17.9 Å². The van der Waals surface area contributed by atoms with Crippen molar-refractivity contribution in [1.82, 2.24) is 4.31 Å². The molecule has 5 nitrogen and oxygen atoms in total. The summed E-state index contributed by atoms with van der Waals surface area (Å²) >= 11 is 3.36. The normalized spacial score (nSPS) is 22.5. The maximum Gasteiger partial charge on any atom is 0.306 e. The zero-order chi connectivity index (χ0) is 20.2. The van der Waals surface area contributed by atoms with Gasteiger partial charge >= 0.3 is 5.97 Å². The summed E-state index contributed by atoms with van der Waals surface area (Å²) in [6.45, 7) is 8.42. The Kier molecular flexibility index (Phi) is 7.65. The number of carbonyl (C=O) groups excluding carboxylic acids is 1. The lowest BCUT2D eigenvalue weighted by Gasteiger charge is -2.28. The number of benzene rings is 1. The summed E-state index contributed by atoms with van der Waals surface area (Å²) in [5, 5.41) is 0. The maximum atomic E-state index is 13.3. The van der Waals surface area contributed by atoms with E-state index < -0.39 is 10.0 Å². The lowest BCUT2D eigenvalue weighted by molar-refractivity contribution is -0.144. The molecule has 0 aromatic heterocycles. The van der Waals surface area contributed by atoms with Crippen molar-refractivity contribution in [3.8, 4) is 0 Å². The van der Waals surface area contributed by atoms with Crippen molar-refractivity contribution < 1.29 is 17.9 Å². The van der Waals surface area contributed by atoms with E-state index in [2.05, 4.69) is 29.8 Å². The number of carbonyl (C=O) groups is 1. The summed E-state index contributed by atoms with van der Waals surface area (Å²) < 4.78 is 33.3. The lowest BCUT2D eigenvalue weighted by Crippen LogP contribution is -2.39. The van der Waals surface area contributed by atoms with E-state index in [0.717, 1.165) is 11.1 Å². The van der Waals surface area contributed by atoms with Gasteiger partial charge in [-0.1, -0.05) is 47.5 Å². The van der Waals surface area contributed by atoms with Crippen LogP contribution in [0, 0.1) is 18.8 Å². The highest BCUT2D eigenvalue weighted by atomic mass is 79.9. The molecule has 0 saturated carbocycles. The number of hydrogen-bond acceptors (Lipinski definition) is 4. The van der Waals surface area contributed by atoms with E-state index in [1.165, 1.54) is 0 Å². The highest BCUT2D eigenvalue weighted by Gasteiger charge is 2.45. The number of ether oxygens (including phenoxy) is 1. The van der Waals surface area contributed by atoms with Crippen LogP contribution in [0.1, 0.15) is 39.2 Å². The van der Waals surface area contributed by atoms with Crippen LogP contribution >= 0.6 is 15.9 Å². The van der Waals surface area contributed by atoms with Crippen molar-refractivity contribution in [2.24, 2.45) is 11.8 Å². The molecular formula is C20H28BrNO4S. The van der Waals surface area contributed by atoms with Crippen molar-refractivity contribution in [2.75, 3.05) is 13.2 Å². The Morgan fingerprint density at radius 3 is 2.48 bits per heavy atom. The minimum atomic E-state index is -3.65. The summed E-state index contributed by atoms with van der Waals surface area (Å²) in [5.41, 5.74) is 1.92. The molecule has 7 heteroatoms. The van der Waals surface area contributed by atoms with Crippen molar-refractivity contribution in [2.45, 2.75) is 51.5 Å². The van der Waals surface area contributed by atoms with Crippen molar-refractivity contribution in [3.63, 3.8) is 0 Å². The van der Waals surface area contributed by atoms with Gasteiger partial charge in [-0.25, -0.2) is 8.42 Å². The summed E-state index contributed by atoms with van der Waals surface area (Å²) in [6.07, 6.45) is 0.863. The van der Waals surface area contributed by atoms with Gasteiger partial charge in [0.15, 0.2) is 0 Å². The molecule has 1 fully saturated rings. The number of nitrogens with zero attached hydrogens (tertiary/aromatic N) is 1. The predicted octanol–water partition coefficient (Wildman–Crippen LogP) is 4.26. The van der Waals surface area contributed by atoms with E-state index in [9.17, 15) is 13.2 Å². The van der Waals surface area contributed by atoms with Gasteiger partial charge in [0.25, 0.3) is 0 Å². The third-order valence-corrected chi connectivity index (χ3v) is 7.29. The van der Waals surface area contributed by atoms with Crippen LogP contribution in [0.25, 0.3) is 0 Å². The molecule has 1 saturated heterocycles. The molecule has 150 valence electrons. The molecule has 0 spiro atoms. The monoisotopic (exact) mass is 457 g/mol. The second-order valence-corrected chi connectivity index (χ2v) is 9.71. The van der Waals surface area contributed by atoms with Crippen LogP contribution in [0.5, 0.6) is 0 Å². The Labute approximate surface area is 171 Å². The largest absolute Gasteiger partial charge is 0.466 e. The van der Waals surface area contributed by atoms with Gasteiger partial charge in [0.2, 0.25) is 10.0 Å². The number of sulfonamides is 1. The van der Waals surface area contributed by atoms with E-state index in [1.54, 1.807) is 40.5 Å². The van der Waals surface area contributed by atoms with Gasteiger partial charge in [-0.3, -0.25) is 4.79 Å². The van der Waals surface area contributed by atoms with Gasteiger partial charge in [-0.05, 0) is 48.9 Å².